The van der Waals surface area contributed by atoms with Gasteiger partial charge in [-0.15, -0.1) is 0 Å². The topological polar surface area (TPSA) is 96.2 Å². The van der Waals surface area contributed by atoms with Crippen molar-refractivity contribution in [3.8, 4) is 11.8 Å². The number of nitriles is 1. The van der Waals surface area contributed by atoms with E-state index in [9.17, 15) is 9.59 Å². The first-order chi connectivity index (χ1) is 13.2. The second-order valence-corrected chi connectivity index (χ2v) is 7.13. The molecule has 0 radical (unpaired) electrons. The van der Waals surface area contributed by atoms with E-state index in [1.54, 1.807) is 44.2 Å². The van der Waals surface area contributed by atoms with Crippen LogP contribution in [0, 0.1) is 31.1 Å². The van der Waals surface area contributed by atoms with Crippen LogP contribution in [0.4, 0.5) is 0 Å². The third-order valence-electron chi connectivity index (χ3n) is 3.82. The maximum Gasteiger partial charge on any atom is 0.287 e. The maximum atomic E-state index is 12.4. The summed E-state index contributed by atoms with van der Waals surface area (Å²) >= 11 is 5.15. The predicted molar refractivity (Wildman–Crippen MR) is 111 cm³/mol. The highest BCUT2D eigenvalue weighted by atomic mass is 32.1. The SMILES string of the molecule is Cc1cc(C)n(NC(=S)NC(=O)c2cccc(OCC(C)C)c2)c(=O)c1C#N. The van der Waals surface area contributed by atoms with E-state index < -0.39 is 11.5 Å². The predicted octanol–water partition coefficient (Wildman–Crippen LogP) is 2.63. The minimum atomic E-state index is -0.527. The molecule has 0 saturated heterocycles. The number of hydrogen-bond acceptors (Lipinski definition) is 5. The van der Waals surface area contributed by atoms with Gasteiger partial charge in [0.05, 0.1) is 6.61 Å². The van der Waals surface area contributed by atoms with Crippen molar-refractivity contribution in [1.29, 1.82) is 5.26 Å². The lowest BCUT2D eigenvalue weighted by Crippen LogP contribution is -2.43. The Balaban J connectivity index is 2.12. The van der Waals surface area contributed by atoms with Crippen LogP contribution in [-0.4, -0.2) is 22.3 Å². The summed E-state index contributed by atoms with van der Waals surface area (Å²) in [7, 11) is 0. The van der Waals surface area contributed by atoms with Crippen LogP contribution in [0.1, 0.15) is 41.0 Å². The fraction of sp³-hybridized carbons (Fsp3) is 0.300. The minimum absolute atomic E-state index is 0.0160. The van der Waals surface area contributed by atoms with Crippen molar-refractivity contribution in [2.24, 2.45) is 5.92 Å². The molecule has 0 aliphatic carbocycles. The number of nitrogens with one attached hydrogen (secondary N) is 2. The molecule has 28 heavy (non-hydrogen) atoms. The van der Waals surface area contributed by atoms with E-state index in [1.165, 1.54) is 0 Å². The lowest BCUT2D eigenvalue weighted by Gasteiger charge is -2.15. The molecule has 1 amide bonds. The van der Waals surface area contributed by atoms with E-state index in [-0.39, 0.29) is 10.7 Å². The van der Waals surface area contributed by atoms with Gasteiger partial charge in [0.1, 0.15) is 17.4 Å². The Hall–Kier alpha value is -3.18. The molecule has 1 aromatic heterocycles. The highest BCUT2D eigenvalue weighted by Crippen LogP contribution is 2.14. The first-order valence-corrected chi connectivity index (χ1v) is 9.12. The van der Waals surface area contributed by atoms with Crippen molar-refractivity contribution in [2.45, 2.75) is 27.7 Å². The average Bonchev–Trinajstić information content (AvgIpc) is 2.64. The van der Waals surface area contributed by atoms with Crippen molar-refractivity contribution in [3.63, 3.8) is 0 Å². The third kappa shape index (κ3) is 5.18. The fourth-order valence-electron chi connectivity index (χ4n) is 2.46. The van der Waals surface area contributed by atoms with Crippen LogP contribution in [0.25, 0.3) is 0 Å². The molecule has 0 fully saturated rings. The quantitative estimate of drug-likeness (QED) is 0.752. The van der Waals surface area contributed by atoms with Crippen molar-refractivity contribution in [2.75, 3.05) is 12.0 Å². The van der Waals surface area contributed by atoms with Gasteiger partial charge in [0, 0.05) is 11.3 Å². The Labute approximate surface area is 168 Å². The van der Waals surface area contributed by atoms with Gasteiger partial charge < -0.3 is 4.74 Å². The number of pyridine rings is 1. The van der Waals surface area contributed by atoms with E-state index in [4.69, 9.17) is 22.2 Å². The number of aryl methyl sites for hydroxylation is 2. The number of thiocarbonyl (C=S) groups is 1. The Morgan fingerprint density at radius 3 is 2.68 bits per heavy atom. The molecular formula is C20H22N4O3S. The van der Waals surface area contributed by atoms with Crippen molar-refractivity contribution in [1.82, 2.24) is 9.99 Å². The second kappa shape index (κ2) is 9.15. The van der Waals surface area contributed by atoms with E-state index in [0.29, 0.717) is 35.1 Å². The molecule has 146 valence electrons. The van der Waals surface area contributed by atoms with Gasteiger partial charge in [-0.25, -0.2) is 4.68 Å². The molecule has 0 saturated carbocycles. The summed E-state index contributed by atoms with van der Waals surface area (Å²) in [6.45, 7) is 8.00. The second-order valence-electron chi connectivity index (χ2n) is 6.72. The third-order valence-corrected chi connectivity index (χ3v) is 4.01. The van der Waals surface area contributed by atoms with E-state index in [1.807, 2.05) is 19.9 Å². The van der Waals surface area contributed by atoms with Gasteiger partial charge in [0.2, 0.25) is 0 Å². The molecule has 8 heteroatoms. The number of amides is 1. The molecule has 1 aromatic carbocycles. The Bertz CT molecular complexity index is 1010. The first-order valence-electron chi connectivity index (χ1n) is 8.71. The largest absolute Gasteiger partial charge is 0.493 e. The van der Waals surface area contributed by atoms with E-state index in [2.05, 4.69) is 10.7 Å². The zero-order valence-electron chi connectivity index (χ0n) is 16.2. The standard InChI is InChI=1S/C20H22N4O3S/c1-12(2)11-27-16-7-5-6-15(9-16)18(25)22-20(28)23-24-14(4)8-13(3)17(10-21)19(24)26/h5-9,12H,11H2,1-4H3,(H2,22,23,25,28). The molecule has 2 aromatic rings. The summed E-state index contributed by atoms with van der Waals surface area (Å²) < 4.78 is 6.76. The number of aromatic nitrogens is 1. The highest BCUT2D eigenvalue weighted by Gasteiger charge is 2.13. The number of rotatable bonds is 5. The maximum absolute atomic E-state index is 12.4. The van der Waals surface area contributed by atoms with Crippen LogP contribution >= 0.6 is 12.2 Å². The molecule has 0 spiro atoms. The zero-order chi connectivity index (χ0) is 20.8. The minimum Gasteiger partial charge on any atom is -0.493 e. The molecule has 0 aliphatic heterocycles. The number of benzene rings is 1. The summed E-state index contributed by atoms with van der Waals surface area (Å²) in [5.74, 6) is 0.513. The summed E-state index contributed by atoms with van der Waals surface area (Å²) in [6, 6.07) is 10.3. The Kier molecular flexibility index (Phi) is 6.90. The van der Waals surface area contributed by atoms with Gasteiger partial charge in [-0.05, 0) is 61.8 Å². The smallest absolute Gasteiger partial charge is 0.287 e. The lowest BCUT2D eigenvalue weighted by atomic mass is 10.1. The van der Waals surface area contributed by atoms with Gasteiger partial charge in [-0.1, -0.05) is 19.9 Å². The van der Waals surface area contributed by atoms with Gasteiger partial charge >= 0.3 is 0 Å². The van der Waals surface area contributed by atoms with Gasteiger partial charge in [-0.2, -0.15) is 5.26 Å². The van der Waals surface area contributed by atoms with Crippen LogP contribution in [0.5, 0.6) is 5.75 Å². The normalized spacial score (nSPS) is 10.3. The Morgan fingerprint density at radius 2 is 2.04 bits per heavy atom. The van der Waals surface area contributed by atoms with Crippen LogP contribution < -0.4 is 21.0 Å². The van der Waals surface area contributed by atoms with Crippen LogP contribution in [0.3, 0.4) is 0 Å². The number of hydrogen-bond donors (Lipinski definition) is 2. The molecule has 2 rings (SSSR count). The molecule has 1 heterocycles. The van der Waals surface area contributed by atoms with Gasteiger partial charge in [0.15, 0.2) is 5.11 Å². The van der Waals surface area contributed by atoms with Crippen LogP contribution in [-0.2, 0) is 0 Å². The Morgan fingerprint density at radius 1 is 1.32 bits per heavy atom. The molecular weight excluding hydrogens is 376 g/mol. The van der Waals surface area contributed by atoms with Crippen LogP contribution in [0.15, 0.2) is 35.1 Å². The zero-order valence-corrected chi connectivity index (χ0v) is 17.0. The molecule has 0 atom stereocenters. The van der Waals surface area contributed by atoms with E-state index in [0.717, 1.165) is 4.68 Å². The van der Waals surface area contributed by atoms with Crippen molar-refractivity contribution in [3.05, 3.63) is 63.1 Å². The van der Waals surface area contributed by atoms with Gasteiger partial charge in [-0.3, -0.25) is 20.3 Å². The number of nitrogens with zero attached hydrogens (tertiary/aromatic N) is 2. The monoisotopic (exact) mass is 398 g/mol. The molecule has 0 bridgehead atoms. The summed E-state index contributed by atoms with van der Waals surface area (Å²) in [5.41, 5.74) is 3.65. The number of ether oxygens (including phenoxy) is 1. The summed E-state index contributed by atoms with van der Waals surface area (Å²) in [4.78, 5) is 24.8. The van der Waals surface area contributed by atoms with E-state index >= 15 is 0 Å². The molecule has 7 nitrogen and oxygen atoms in total. The molecule has 0 unspecified atom stereocenters. The summed E-state index contributed by atoms with van der Waals surface area (Å²) in [6.07, 6.45) is 0. The lowest BCUT2D eigenvalue weighted by molar-refractivity contribution is 0.0977. The highest BCUT2D eigenvalue weighted by molar-refractivity contribution is 7.80. The summed E-state index contributed by atoms with van der Waals surface area (Å²) in [5, 5.41) is 11.6. The van der Waals surface area contributed by atoms with Gasteiger partial charge in [0.25, 0.3) is 11.5 Å². The number of carbonyl (C=O) groups is 1. The molecule has 0 aliphatic rings. The fourth-order valence-corrected chi connectivity index (χ4v) is 2.64. The van der Waals surface area contributed by atoms with Crippen molar-refractivity contribution < 1.29 is 9.53 Å². The first kappa shape index (κ1) is 21.1. The average molecular weight is 398 g/mol. The van der Waals surface area contributed by atoms with Crippen molar-refractivity contribution >= 4 is 23.2 Å². The number of carbonyl (C=O) groups excluding carboxylic acids is 1. The molecule has 2 N–H and O–H groups in total. The van der Waals surface area contributed by atoms with Crippen LogP contribution in [0.2, 0.25) is 0 Å².